The molecule has 0 radical (unpaired) electrons. The summed E-state index contributed by atoms with van der Waals surface area (Å²) >= 11 is 0. The van der Waals surface area contributed by atoms with E-state index in [0.29, 0.717) is 55.3 Å². The minimum absolute atomic E-state index is 0.0503. The summed E-state index contributed by atoms with van der Waals surface area (Å²) in [6.07, 6.45) is 0.736. The van der Waals surface area contributed by atoms with E-state index in [0.717, 1.165) is 0 Å². The maximum absolute atomic E-state index is 12.1. The Hall–Kier alpha value is -3.95. The number of Topliss-reactive ketones (excluding diaryl/α,β-unsaturated/α-hetero) is 1. The van der Waals surface area contributed by atoms with E-state index in [1.807, 2.05) is 4.90 Å². The highest BCUT2D eigenvalue weighted by atomic mass is 16.6. The summed E-state index contributed by atoms with van der Waals surface area (Å²) in [4.78, 5) is 48.4. The first-order valence-corrected chi connectivity index (χ1v) is 10.9. The van der Waals surface area contributed by atoms with Gasteiger partial charge in [0.15, 0.2) is 5.78 Å². The topological polar surface area (TPSA) is 125 Å². The molecule has 0 unspecified atom stereocenters. The van der Waals surface area contributed by atoms with Crippen molar-refractivity contribution >= 4 is 29.1 Å². The van der Waals surface area contributed by atoms with Gasteiger partial charge >= 0.3 is 11.9 Å². The molecule has 2 aromatic carbocycles. The molecule has 10 heteroatoms. The van der Waals surface area contributed by atoms with Crippen LogP contribution in [0, 0.1) is 16.0 Å². The van der Waals surface area contributed by atoms with Gasteiger partial charge in [0.05, 0.1) is 24.6 Å². The summed E-state index contributed by atoms with van der Waals surface area (Å²) in [5.41, 5.74) is 0.701. The Kier molecular flexibility index (Phi) is 8.18. The number of nitrogens with zero attached hydrogens (tertiary/aromatic N) is 2. The molecule has 1 fully saturated rings. The van der Waals surface area contributed by atoms with Crippen molar-refractivity contribution in [1.82, 2.24) is 0 Å². The van der Waals surface area contributed by atoms with Gasteiger partial charge in [0.2, 0.25) is 0 Å². The summed E-state index contributed by atoms with van der Waals surface area (Å²) in [5, 5.41) is 11.6. The lowest BCUT2D eigenvalue weighted by atomic mass is 9.96. The number of rotatable bonds is 9. The van der Waals surface area contributed by atoms with Gasteiger partial charge in [0.1, 0.15) is 23.6 Å². The Morgan fingerprint density at radius 3 is 2.29 bits per heavy atom. The van der Waals surface area contributed by atoms with Crippen LogP contribution in [-0.2, 0) is 19.1 Å². The fourth-order valence-corrected chi connectivity index (χ4v) is 3.74. The third-order valence-corrected chi connectivity index (χ3v) is 5.54. The van der Waals surface area contributed by atoms with Gasteiger partial charge in [-0.15, -0.1) is 0 Å². The van der Waals surface area contributed by atoms with Crippen LogP contribution >= 0.6 is 0 Å². The number of nitro groups is 1. The maximum atomic E-state index is 12.1. The van der Waals surface area contributed by atoms with Crippen molar-refractivity contribution in [2.75, 3.05) is 31.7 Å². The normalized spacial score (nSPS) is 13.8. The Morgan fingerprint density at radius 1 is 1.06 bits per heavy atom. The van der Waals surface area contributed by atoms with Gasteiger partial charge in [-0.2, -0.15) is 0 Å². The lowest BCUT2D eigenvalue weighted by Crippen LogP contribution is -2.37. The molecule has 10 nitrogen and oxygen atoms in total. The number of ketones is 1. The summed E-state index contributed by atoms with van der Waals surface area (Å²) < 4.78 is 15.4. The maximum Gasteiger partial charge on any atom is 0.313 e. The number of benzene rings is 2. The summed E-state index contributed by atoms with van der Waals surface area (Å²) in [5.74, 6) is -0.619. The molecule has 0 saturated carbocycles. The van der Waals surface area contributed by atoms with Crippen molar-refractivity contribution in [1.29, 1.82) is 0 Å². The molecule has 1 aliphatic rings. The molecule has 2 aromatic rings. The number of anilines is 1. The molecule has 180 valence electrons. The van der Waals surface area contributed by atoms with E-state index in [9.17, 15) is 24.5 Å². The van der Waals surface area contributed by atoms with Crippen LogP contribution < -0.4 is 9.64 Å². The Balaban J connectivity index is 1.73. The monoisotopic (exact) mass is 470 g/mol. The quantitative estimate of drug-likeness (QED) is 0.176. The van der Waals surface area contributed by atoms with Crippen LogP contribution in [0.15, 0.2) is 42.5 Å². The molecular weight excluding hydrogens is 444 g/mol. The average molecular weight is 470 g/mol. The number of hydrogen-bond donors (Lipinski definition) is 0. The van der Waals surface area contributed by atoms with Crippen LogP contribution in [0.1, 0.15) is 36.5 Å². The fraction of sp³-hybridized carbons (Fsp3) is 0.375. The highest BCUT2D eigenvalue weighted by Gasteiger charge is 2.29. The van der Waals surface area contributed by atoms with Gasteiger partial charge < -0.3 is 19.1 Å². The molecule has 0 aromatic heterocycles. The van der Waals surface area contributed by atoms with E-state index >= 15 is 0 Å². The first-order chi connectivity index (χ1) is 16.3. The van der Waals surface area contributed by atoms with Gasteiger partial charge in [-0.1, -0.05) is 0 Å². The molecule has 1 heterocycles. The van der Waals surface area contributed by atoms with Crippen LogP contribution in [-0.4, -0.2) is 49.5 Å². The number of carbonyl (C=O) groups excluding carboxylic acids is 3. The van der Waals surface area contributed by atoms with Gasteiger partial charge in [0.25, 0.3) is 5.69 Å². The van der Waals surface area contributed by atoms with Crippen molar-refractivity contribution < 1.29 is 33.5 Å². The van der Waals surface area contributed by atoms with Crippen LogP contribution in [0.2, 0.25) is 0 Å². The number of hydrogen-bond acceptors (Lipinski definition) is 9. The number of ether oxygens (including phenoxy) is 3. The Bertz CT molecular complexity index is 1060. The third kappa shape index (κ3) is 6.09. The average Bonchev–Trinajstić information content (AvgIpc) is 2.84. The molecule has 3 rings (SSSR count). The molecular formula is C24H26N2O8. The van der Waals surface area contributed by atoms with Crippen LogP contribution in [0.5, 0.6) is 11.5 Å². The highest BCUT2D eigenvalue weighted by Crippen LogP contribution is 2.36. The molecule has 0 atom stereocenters. The second-order valence-electron chi connectivity index (χ2n) is 7.72. The van der Waals surface area contributed by atoms with Crippen molar-refractivity contribution in [3.63, 3.8) is 0 Å². The number of carbonyl (C=O) groups is 3. The van der Waals surface area contributed by atoms with Crippen molar-refractivity contribution in [3.05, 3.63) is 58.1 Å². The molecule has 0 bridgehead atoms. The van der Waals surface area contributed by atoms with Crippen molar-refractivity contribution in [2.45, 2.75) is 26.2 Å². The van der Waals surface area contributed by atoms with E-state index in [1.165, 1.54) is 31.4 Å². The lowest BCUT2D eigenvalue weighted by molar-refractivity contribution is -0.384. The number of nitro benzene ring substituents is 1. The predicted molar refractivity (Wildman–Crippen MR) is 122 cm³/mol. The second-order valence-corrected chi connectivity index (χ2v) is 7.72. The first kappa shape index (κ1) is 24.7. The van der Waals surface area contributed by atoms with E-state index < -0.39 is 10.9 Å². The van der Waals surface area contributed by atoms with Crippen LogP contribution in [0.3, 0.4) is 0 Å². The largest absolute Gasteiger partial charge is 0.469 e. The highest BCUT2D eigenvalue weighted by molar-refractivity contribution is 6.05. The minimum atomic E-state index is -0.616. The number of esters is 2. The molecule has 1 aliphatic heterocycles. The summed E-state index contributed by atoms with van der Waals surface area (Å²) in [6.45, 7) is 3.04. The number of methoxy groups -OCH3 is 1. The summed E-state index contributed by atoms with van der Waals surface area (Å²) in [7, 11) is 1.22. The smallest absolute Gasteiger partial charge is 0.313 e. The van der Waals surface area contributed by atoms with Crippen molar-refractivity contribution in [2.24, 2.45) is 5.92 Å². The molecule has 0 amide bonds. The molecule has 0 aliphatic carbocycles. The standard InChI is InChI=1S/C24H26N2O8/c1-3-33-24(29)17-10-12-25(13-11-17)21-14-19(8-9-20(21)26(30)31)34-18-6-4-16(5-7-18)22(27)15-23(28)32-2/h4-9,14,17H,3,10-13,15H2,1-2H3. The fourth-order valence-electron chi connectivity index (χ4n) is 3.74. The second kappa shape index (κ2) is 11.3. The van der Waals surface area contributed by atoms with E-state index in [4.69, 9.17) is 9.47 Å². The predicted octanol–water partition coefficient (Wildman–Crippen LogP) is 3.91. The molecule has 1 saturated heterocycles. The first-order valence-electron chi connectivity index (χ1n) is 10.9. The van der Waals surface area contributed by atoms with E-state index in [2.05, 4.69) is 4.74 Å². The van der Waals surface area contributed by atoms with Gasteiger partial charge in [-0.25, -0.2) is 0 Å². The zero-order valence-corrected chi connectivity index (χ0v) is 19.0. The van der Waals surface area contributed by atoms with E-state index in [-0.39, 0.29) is 29.8 Å². The molecule has 0 spiro atoms. The summed E-state index contributed by atoms with van der Waals surface area (Å²) in [6, 6.07) is 10.7. The van der Waals surface area contributed by atoms with Crippen LogP contribution in [0.4, 0.5) is 11.4 Å². The Morgan fingerprint density at radius 2 is 1.71 bits per heavy atom. The minimum Gasteiger partial charge on any atom is -0.469 e. The van der Waals surface area contributed by atoms with Gasteiger partial charge in [0, 0.05) is 30.8 Å². The van der Waals surface area contributed by atoms with Gasteiger partial charge in [-0.05, 0) is 50.1 Å². The zero-order chi connectivity index (χ0) is 24.7. The SMILES string of the molecule is CCOC(=O)C1CCN(c2cc(Oc3ccc(C(=O)CC(=O)OC)cc3)ccc2[N+](=O)[O-])CC1. The molecule has 34 heavy (non-hydrogen) atoms. The van der Waals surface area contributed by atoms with Crippen molar-refractivity contribution in [3.8, 4) is 11.5 Å². The lowest BCUT2D eigenvalue weighted by Gasteiger charge is -2.32. The van der Waals surface area contributed by atoms with Gasteiger partial charge in [-0.3, -0.25) is 24.5 Å². The molecule has 0 N–H and O–H groups in total. The third-order valence-electron chi connectivity index (χ3n) is 5.54. The Labute approximate surface area is 196 Å². The van der Waals surface area contributed by atoms with E-state index in [1.54, 1.807) is 25.1 Å². The zero-order valence-electron chi connectivity index (χ0n) is 19.0. The van der Waals surface area contributed by atoms with Crippen LogP contribution in [0.25, 0.3) is 0 Å². The number of piperidine rings is 1.